The topological polar surface area (TPSA) is 64.3 Å². The second-order valence-electron chi connectivity index (χ2n) is 4.46. The van der Waals surface area contributed by atoms with Crippen molar-refractivity contribution in [1.82, 2.24) is 5.32 Å². The molecule has 96 valence electrons. The molecule has 0 aromatic heterocycles. The number of hydrogen-bond acceptors (Lipinski definition) is 3. The van der Waals surface area contributed by atoms with Gasteiger partial charge in [-0.3, -0.25) is 4.79 Å². The van der Waals surface area contributed by atoms with Crippen LogP contribution in [-0.2, 0) is 9.53 Å². The molecule has 1 aliphatic rings. The lowest BCUT2D eigenvalue weighted by Gasteiger charge is -2.16. The molecule has 0 aliphatic heterocycles. The maximum absolute atomic E-state index is 11.8. The molecule has 4 nitrogen and oxygen atoms in total. The summed E-state index contributed by atoms with van der Waals surface area (Å²) in [5, 5.41) is 3.00. The summed E-state index contributed by atoms with van der Waals surface area (Å²) in [7, 11) is 1.67. The van der Waals surface area contributed by atoms with Gasteiger partial charge in [0.15, 0.2) is 0 Å². The van der Waals surface area contributed by atoms with Crippen LogP contribution < -0.4 is 11.1 Å². The second-order valence-corrected chi connectivity index (χ2v) is 4.46. The van der Waals surface area contributed by atoms with Gasteiger partial charge in [0.2, 0.25) is 5.91 Å². The molecule has 3 unspecified atom stereocenters. The number of hydrogen-bond donors (Lipinski definition) is 2. The van der Waals surface area contributed by atoms with Gasteiger partial charge in [0.05, 0.1) is 0 Å². The molecule has 0 aromatic carbocycles. The van der Waals surface area contributed by atoms with Crippen molar-refractivity contribution in [1.29, 1.82) is 0 Å². The fourth-order valence-electron chi connectivity index (χ4n) is 1.98. The minimum absolute atomic E-state index is 0. The van der Waals surface area contributed by atoms with Gasteiger partial charge in [-0.1, -0.05) is 0 Å². The summed E-state index contributed by atoms with van der Waals surface area (Å²) < 4.78 is 4.97. The Morgan fingerprint density at radius 3 is 2.75 bits per heavy atom. The average molecular weight is 251 g/mol. The number of ether oxygens (including phenoxy) is 1. The van der Waals surface area contributed by atoms with E-state index in [-0.39, 0.29) is 36.3 Å². The van der Waals surface area contributed by atoms with E-state index < -0.39 is 0 Å². The lowest BCUT2D eigenvalue weighted by molar-refractivity contribution is -0.125. The zero-order valence-electron chi connectivity index (χ0n) is 10.1. The molecule has 1 fully saturated rings. The van der Waals surface area contributed by atoms with E-state index in [1.807, 2.05) is 6.92 Å². The minimum Gasteiger partial charge on any atom is -0.385 e. The van der Waals surface area contributed by atoms with E-state index >= 15 is 0 Å². The van der Waals surface area contributed by atoms with Crippen LogP contribution in [0.2, 0.25) is 0 Å². The summed E-state index contributed by atoms with van der Waals surface area (Å²) in [6.07, 6.45) is 3.61. The van der Waals surface area contributed by atoms with Gasteiger partial charge in [0.1, 0.15) is 0 Å². The molecule has 0 saturated heterocycles. The van der Waals surface area contributed by atoms with Crippen molar-refractivity contribution in [2.24, 2.45) is 11.7 Å². The molecule has 1 saturated carbocycles. The van der Waals surface area contributed by atoms with Crippen LogP contribution in [0.1, 0.15) is 32.6 Å². The number of amides is 1. The first-order valence-corrected chi connectivity index (χ1v) is 5.68. The molecule has 3 atom stereocenters. The fraction of sp³-hybridized carbons (Fsp3) is 0.909. The molecule has 0 bridgehead atoms. The normalized spacial score (nSPS) is 25.9. The highest BCUT2D eigenvalue weighted by Gasteiger charge is 2.28. The molecule has 0 spiro atoms. The Balaban J connectivity index is 0.00000225. The predicted octanol–water partition coefficient (Wildman–Crippen LogP) is 1.08. The summed E-state index contributed by atoms with van der Waals surface area (Å²) in [4.78, 5) is 11.8. The standard InChI is InChI=1S/C11H22N2O2.ClH/c1-8(5-6-15-2)13-11(14)9-3-4-10(12)7-9;/h8-10H,3-7,12H2,1-2H3,(H,13,14);1H. The van der Waals surface area contributed by atoms with E-state index in [1.165, 1.54) is 0 Å². The number of carbonyl (C=O) groups is 1. The Hall–Kier alpha value is -0.320. The van der Waals surface area contributed by atoms with Gasteiger partial charge in [0, 0.05) is 31.7 Å². The third-order valence-electron chi connectivity index (χ3n) is 2.99. The summed E-state index contributed by atoms with van der Waals surface area (Å²) in [5.41, 5.74) is 5.77. The number of rotatable bonds is 5. The van der Waals surface area contributed by atoms with E-state index in [0.717, 1.165) is 25.7 Å². The predicted molar refractivity (Wildman–Crippen MR) is 66.7 cm³/mol. The fourth-order valence-corrected chi connectivity index (χ4v) is 1.98. The van der Waals surface area contributed by atoms with E-state index in [4.69, 9.17) is 10.5 Å². The Morgan fingerprint density at radius 2 is 2.25 bits per heavy atom. The van der Waals surface area contributed by atoms with Crippen LogP contribution in [0.15, 0.2) is 0 Å². The monoisotopic (exact) mass is 250 g/mol. The van der Waals surface area contributed by atoms with Gasteiger partial charge in [-0.2, -0.15) is 0 Å². The van der Waals surface area contributed by atoms with Crippen LogP contribution in [0.25, 0.3) is 0 Å². The number of halogens is 1. The summed E-state index contributed by atoms with van der Waals surface area (Å²) in [5.74, 6) is 0.288. The summed E-state index contributed by atoms with van der Waals surface area (Å²) >= 11 is 0. The molecule has 5 heteroatoms. The number of nitrogens with two attached hydrogens (primary N) is 1. The van der Waals surface area contributed by atoms with Gasteiger partial charge in [0.25, 0.3) is 0 Å². The summed E-state index contributed by atoms with van der Waals surface area (Å²) in [6, 6.07) is 0.407. The molecule has 0 heterocycles. The van der Waals surface area contributed by atoms with Gasteiger partial charge in [-0.05, 0) is 32.6 Å². The van der Waals surface area contributed by atoms with Crippen LogP contribution in [0.3, 0.4) is 0 Å². The largest absolute Gasteiger partial charge is 0.385 e. The van der Waals surface area contributed by atoms with Crippen molar-refractivity contribution in [2.45, 2.75) is 44.7 Å². The molecule has 3 N–H and O–H groups in total. The Morgan fingerprint density at radius 1 is 1.56 bits per heavy atom. The molecule has 0 radical (unpaired) electrons. The highest BCUT2D eigenvalue weighted by molar-refractivity contribution is 5.85. The quantitative estimate of drug-likeness (QED) is 0.768. The van der Waals surface area contributed by atoms with Crippen LogP contribution in [0.5, 0.6) is 0 Å². The molecular weight excluding hydrogens is 228 g/mol. The van der Waals surface area contributed by atoms with Crippen LogP contribution in [0.4, 0.5) is 0 Å². The third-order valence-corrected chi connectivity index (χ3v) is 2.99. The van der Waals surface area contributed by atoms with E-state index in [0.29, 0.717) is 6.61 Å². The van der Waals surface area contributed by atoms with Gasteiger partial charge < -0.3 is 15.8 Å². The van der Waals surface area contributed by atoms with E-state index in [2.05, 4.69) is 5.32 Å². The lowest BCUT2D eigenvalue weighted by atomic mass is 10.1. The lowest BCUT2D eigenvalue weighted by Crippen LogP contribution is -2.37. The average Bonchev–Trinajstić information content (AvgIpc) is 2.61. The molecule has 1 amide bonds. The first kappa shape index (κ1) is 15.7. The van der Waals surface area contributed by atoms with Crippen LogP contribution in [0, 0.1) is 5.92 Å². The molecular formula is C11H23ClN2O2. The minimum atomic E-state index is 0. The number of methoxy groups -OCH3 is 1. The van der Waals surface area contributed by atoms with Crippen LogP contribution >= 0.6 is 12.4 Å². The van der Waals surface area contributed by atoms with Gasteiger partial charge in [-0.25, -0.2) is 0 Å². The Bertz CT molecular complexity index is 214. The second kappa shape index (κ2) is 7.87. The molecule has 0 aromatic rings. The summed E-state index contributed by atoms with van der Waals surface area (Å²) in [6.45, 7) is 2.69. The van der Waals surface area contributed by atoms with Crippen LogP contribution in [-0.4, -0.2) is 31.7 Å². The zero-order valence-corrected chi connectivity index (χ0v) is 10.9. The van der Waals surface area contributed by atoms with Crippen molar-refractivity contribution >= 4 is 18.3 Å². The number of carbonyl (C=O) groups excluding carboxylic acids is 1. The highest BCUT2D eigenvalue weighted by atomic mass is 35.5. The van der Waals surface area contributed by atoms with Gasteiger partial charge in [-0.15, -0.1) is 12.4 Å². The SMILES string of the molecule is COCCC(C)NC(=O)C1CCC(N)C1.Cl. The molecule has 1 aliphatic carbocycles. The van der Waals surface area contributed by atoms with Crippen molar-refractivity contribution < 1.29 is 9.53 Å². The third kappa shape index (κ3) is 5.14. The van der Waals surface area contributed by atoms with Crippen molar-refractivity contribution in [3.05, 3.63) is 0 Å². The first-order chi connectivity index (χ1) is 7.13. The highest BCUT2D eigenvalue weighted by Crippen LogP contribution is 2.24. The zero-order chi connectivity index (χ0) is 11.3. The van der Waals surface area contributed by atoms with E-state index in [9.17, 15) is 4.79 Å². The first-order valence-electron chi connectivity index (χ1n) is 5.68. The molecule has 1 rings (SSSR count). The smallest absolute Gasteiger partial charge is 0.223 e. The molecule has 16 heavy (non-hydrogen) atoms. The Labute approximate surface area is 104 Å². The maximum Gasteiger partial charge on any atom is 0.223 e. The van der Waals surface area contributed by atoms with Crippen molar-refractivity contribution in [2.75, 3.05) is 13.7 Å². The number of nitrogens with one attached hydrogen (secondary N) is 1. The Kier molecular flexibility index (Phi) is 7.72. The maximum atomic E-state index is 11.8. The van der Waals surface area contributed by atoms with Gasteiger partial charge >= 0.3 is 0 Å². The van der Waals surface area contributed by atoms with E-state index in [1.54, 1.807) is 7.11 Å². The van der Waals surface area contributed by atoms with Crippen molar-refractivity contribution in [3.63, 3.8) is 0 Å². The van der Waals surface area contributed by atoms with Crippen molar-refractivity contribution in [3.8, 4) is 0 Å².